The molecule has 0 aromatic heterocycles. The van der Waals surface area contributed by atoms with Crippen LogP contribution < -0.4 is 48.7 Å². The number of benzene rings is 1. The van der Waals surface area contributed by atoms with Crippen LogP contribution in [-0.4, -0.2) is 123 Å². The Labute approximate surface area is 353 Å². The number of hydrogen-bond donors (Lipinski definition) is 12. The summed E-state index contributed by atoms with van der Waals surface area (Å²) in [5, 5.41) is 45.2. The van der Waals surface area contributed by atoms with E-state index in [1.54, 1.807) is 13.8 Å². The molecular formula is C39H61N9O13. The average molecular weight is 864 g/mol. The zero-order chi connectivity index (χ0) is 46.6. The molecule has 0 unspecified atom stereocenters. The molecule has 1 aromatic rings. The number of rotatable bonds is 27. The third kappa shape index (κ3) is 20.0. The maximum absolute atomic E-state index is 13.5. The van der Waals surface area contributed by atoms with E-state index >= 15 is 0 Å². The largest absolute Gasteiger partial charge is 0.508 e. The number of hydrogen-bond acceptors (Lipinski definition) is 12. The maximum atomic E-state index is 13.5. The lowest BCUT2D eigenvalue weighted by atomic mass is 9.98. The van der Waals surface area contributed by atoms with Gasteiger partial charge in [0.15, 0.2) is 0 Å². The smallest absolute Gasteiger partial charge is 0.326 e. The molecule has 1 rings (SSSR count). The topological polar surface area (TPSA) is 368 Å². The minimum absolute atomic E-state index is 0.0539. The Kier molecular flexibility index (Phi) is 22.5. The van der Waals surface area contributed by atoms with Gasteiger partial charge in [0.05, 0.1) is 12.6 Å². The molecule has 0 saturated heterocycles. The van der Waals surface area contributed by atoms with Gasteiger partial charge >= 0.3 is 11.9 Å². The van der Waals surface area contributed by atoms with Crippen molar-refractivity contribution >= 4 is 59.2 Å². The second-order valence-corrected chi connectivity index (χ2v) is 15.2. The van der Waals surface area contributed by atoms with Gasteiger partial charge in [-0.2, -0.15) is 0 Å². The molecule has 0 aliphatic rings. The van der Waals surface area contributed by atoms with Crippen molar-refractivity contribution < 1.29 is 63.3 Å². The molecule has 22 nitrogen and oxygen atoms in total. The van der Waals surface area contributed by atoms with Crippen molar-refractivity contribution in [3.63, 3.8) is 0 Å². The van der Waals surface area contributed by atoms with Gasteiger partial charge < -0.3 is 64.0 Å². The summed E-state index contributed by atoms with van der Waals surface area (Å²) < 4.78 is 0. The standard InChI is InChI=1S/C39H61N9O13/c1-7-20(4)32(48-30(51)18-42-35(56)25(40)16-19(2)3)38(59)44-22(6)33(54)45-27(13-15-31(52)53)37(58)46-26(12-14-29(41)50)36(57)43-21(5)34(55)47-28(39(60)61)17-23-8-10-24(49)11-9-23/h8-11,19-22,25-28,32,49H,7,12-18,40H2,1-6H3,(H2,41,50)(H,42,56)(H,43,57)(H,44,59)(H,45,54)(H,46,58)(H,47,55)(H,48,51)(H,52,53)(H,60,61)/t20-,21-,22-,25-,26-,27-,28-,32-/m0/s1. The van der Waals surface area contributed by atoms with Crippen LogP contribution in [0.1, 0.15) is 85.6 Å². The summed E-state index contributed by atoms with van der Waals surface area (Å²) in [7, 11) is 0. The summed E-state index contributed by atoms with van der Waals surface area (Å²) in [6, 6.07) is -3.78. The van der Waals surface area contributed by atoms with Crippen molar-refractivity contribution in [2.75, 3.05) is 6.54 Å². The number of amides is 8. The fourth-order valence-corrected chi connectivity index (χ4v) is 5.61. The number of aliphatic carboxylic acids is 2. The van der Waals surface area contributed by atoms with E-state index in [1.807, 2.05) is 13.8 Å². The Hall–Kier alpha value is -6.32. The molecule has 340 valence electrons. The van der Waals surface area contributed by atoms with E-state index in [2.05, 4.69) is 37.2 Å². The van der Waals surface area contributed by atoms with Crippen molar-refractivity contribution in [2.45, 2.75) is 129 Å². The molecular weight excluding hydrogens is 802 g/mol. The number of phenolic OH excluding ortho intramolecular Hbond substituents is 1. The Morgan fingerprint density at radius 3 is 1.62 bits per heavy atom. The summed E-state index contributed by atoms with van der Waals surface area (Å²) in [5.74, 6) is -9.96. The van der Waals surface area contributed by atoms with Crippen molar-refractivity contribution in [1.82, 2.24) is 37.2 Å². The molecule has 61 heavy (non-hydrogen) atoms. The number of nitrogens with two attached hydrogens (primary N) is 2. The Bertz CT molecular complexity index is 1720. The second kappa shape index (κ2) is 26.0. The minimum atomic E-state index is -1.61. The predicted molar refractivity (Wildman–Crippen MR) is 218 cm³/mol. The summed E-state index contributed by atoms with van der Waals surface area (Å²) in [6.45, 7) is 9.21. The molecule has 1 aromatic carbocycles. The molecule has 8 amide bonds. The van der Waals surface area contributed by atoms with Crippen LogP contribution in [0, 0.1) is 11.8 Å². The zero-order valence-corrected chi connectivity index (χ0v) is 35.2. The summed E-state index contributed by atoms with van der Waals surface area (Å²) >= 11 is 0. The lowest BCUT2D eigenvalue weighted by Gasteiger charge is -2.27. The molecule has 0 heterocycles. The average Bonchev–Trinajstić information content (AvgIpc) is 3.18. The second-order valence-electron chi connectivity index (χ2n) is 15.2. The van der Waals surface area contributed by atoms with Crippen molar-refractivity contribution in [2.24, 2.45) is 23.3 Å². The minimum Gasteiger partial charge on any atom is -0.508 e. The molecule has 0 bridgehead atoms. The summed E-state index contributed by atoms with van der Waals surface area (Å²) in [5.41, 5.74) is 11.6. The number of phenols is 1. The highest BCUT2D eigenvalue weighted by Gasteiger charge is 2.33. The van der Waals surface area contributed by atoms with E-state index < -0.39 is 140 Å². The number of carbonyl (C=O) groups excluding carboxylic acids is 8. The number of carbonyl (C=O) groups is 10. The fraction of sp³-hybridized carbons (Fsp3) is 0.590. The molecule has 0 aliphatic carbocycles. The van der Waals surface area contributed by atoms with E-state index in [-0.39, 0.29) is 18.1 Å². The van der Waals surface area contributed by atoms with Crippen molar-refractivity contribution in [1.29, 1.82) is 0 Å². The van der Waals surface area contributed by atoms with E-state index in [9.17, 15) is 63.3 Å². The van der Waals surface area contributed by atoms with Crippen LogP contribution in [0.25, 0.3) is 0 Å². The Morgan fingerprint density at radius 2 is 1.13 bits per heavy atom. The normalized spacial score (nSPS) is 14.9. The SMILES string of the molecule is CC[C@H](C)[C@H](NC(=O)CNC(=O)[C@@H](N)CC(C)C)C(=O)N[C@@H](C)C(=O)N[C@@H](CCC(=O)O)C(=O)N[C@@H](CCC(N)=O)C(=O)N[C@@H](C)C(=O)N[C@@H](Cc1ccc(O)cc1)C(=O)O. The van der Waals surface area contributed by atoms with Crippen LogP contribution in [0.2, 0.25) is 0 Å². The van der Waals surface area contributed by atoms with Gasteiger partial charge in [0.25, 0.3) is 0 Å². The summed E-state index contributed by atoms with van der Waals surface area (Å²) in [4.78, 5) is 127. The molecule has 0 fully saturated rings. The molecule has 0 saturated carbocycles. The van der Waals surface area contributed by atoms with E-state index in [0.717, 1.165) is 0 Å². The lowest BCUT2D eigenvalue weighted by Crippen LogP contribution is -2.59. The first-order valence-electron chi connectivity index (χ1n) is 19.8. The first kappa shape index (κ1) is 52.7. The first-order valence-corrected chi connectivity index (χ1v) is 19.8. The van der Waals surface area contributed by atoms with Gasteiger partial charge in [0, 0.05) is 19.3 Å². The van der Waals surface area contributed by atoms with Gasteiger partial charge in [0.2, 0.25) is 47.3 Å². The zero-order valence-electron chi connectivity index (χ0n) is 35.2. The van der Waals surface area contributed by atoms with E-state index in [4.69, 9.17) is 11.5 Å². The predicted octanol–water partition coefficient (Wildman–Crippen LogP) is -2.37. The number of primary amides is 1. The fourth-order valence-electron chi connectivity index (χ4n) is 5.61. The maximum Gasteiger partial charge on any atom is 0.326 e. The quantitative estimate of drug-likeness (QED) is 0.0440. The lowest BCUT2D eigenvalue weighted by molar-refractivity contribution is -0.142. The molecule has 0 aliphatic heterocycles. The van der Waals surface area contributed by atoms with Gasteiger partial charge in [-0.1, -0.05) is 46.2 Å². The summed E-state index contributed by atoms with van der Waals surface area (Å²) in [6.07, 6.45) is -1.33. The highest BCUT2D eigenvalue weighted by molar-refractivity contribution is 5.97. The molecule has 14 N–H and O–H groups in total. The number of nitrogens with one attached hydrogen (secondary N) is 7. The first-order chi connectivity index (χ1) is 28.4. The monoisotopic (exact) mass is 863 g/mol. The number of aromatic hydroxyl groups is 1. The van der Waals surface area contributed by atoms with Gasteiger partial charge in [-0.3, -0.25) is 43.2 Å². The molecule has 0 spiro atoms. The van der Waals surface area contributed by atoms with Crippen LogP contribution >= 0.6 is 0 Å². The van der Waals surface area contributed by atoms with Gasteiger partial charge in [-0.05, 0) is 62.6 Å². The Balaban J connectivity index is 3.09. The van der Waals surface area contributed by atoms with Crippen molar-refractivity contribution in [3.8, 4) is 5.75 Å². The molecule has 0 radical (unpaired) electrons. The van der Waals surface area contributed by atoms with E-state index in [0.29, 0.717) is 18.4 Å². The van der Waals surface area contributed by atoms with Crippen LogP contribution in [-0.2, 0) is 54.4 Å². The third-order valence-corrected chi connectivity index (χ3v) is 9.38. The van der Waals surface area contributed by atoms with Gasteiger partial charge in [0.1, 0.15) is 42.0 Å². The number of carboxylic acid groups (broad SMARTS) is 2. The van der Waals surface area contributed by atoms with Crippen LogP contribution in [0.3, 0.4) is 0 Å². The van der Waals surface area contributed by atoms with Gasteiger partial charge in [-0.15, -0.1) is 0 Å². The van der Waals surface area contributed by atoms with Gasteiger partial charge in [-0.25, -0.2) is 4.79 Å². The van der Waals surface area contributed by atoms with Crippen LogP contribution in [0.5, 0.6) is 5.75 Å². The third-order valence-electron chi connectivity index (χ3n) is 9.38. The Morgan fingerprint density at radius 1 is 0.639 bits per heavy atom. The highest BCUT2D eigenvalue weighted by Crippen LogP contribution is 2.12. The van der Waals surface area contributed by atoms with Crippen molar-refractivity contribution in [3.05, 3.63) is 29.8 Å². The van der Waals surface area contributed by atoms with Crippen LogP contribution in [0.15, 0.2) is 24.3 Å². The van der Waals surface area contributed by atoms with E-state index in [1.165, 1.54) is 38.1 Å². The molecule has 22 heteroatoms. The highest BCUT2D eigenvalue weighted by atomic mass is 16.4. The van der Waals surface area contributed by atoms with Crippen LogP contribution in [0.4, 0.5) is 0 Å². The molecule has 8 atom stereocenters. The number of carboxylic acids is 2.